The Balaban J connectivity index is 2.25. The number of rotatable bonds is 3. The number of hydrogen-bond donors (Lipinski definition) is 2. The minimum atomic E-state index is -4.51. The smallest absolute Gasteiger partial charge is 0.419 e. The van der Waals surface area contributed by atoms with Gasteiger partial charge in [-0.05, 0) is 25.0 Å². The minimum Gasteiger partial charge on any atom is -0.481 e. The molecule has 116 valence electrons. The maximum absolute atomic E-state index is 12.9. The van der Waals surface area contributed by atoms with Crippen LogP contribution in [0.15, 0.2) is 18.3 Å². The molecule has 4 nitrogen and oxygen atoms in total. The van der Waals surface area contributed by atoms with E-state index in [4.69, 9.17) is 0 Å². The van der Waals surface area contributed by atoms with Crippen LogP contribution in [-0.2, 0) is 11.0 Å². The van der Waals surface area contributed by atoms with Gasteiger partial charge in [0.15, 0.2) is 0 Å². The van der Waals surface area contributed by atoms with Gasteiger partial charge in [-0.25, -0.2) is 4.98 Å². The van der Waals surface area contributed by atoms with Gasteiger partial charge >= 0.3 is 12.1 Å². The summed E-state index contributed by atoms with van der Waals surface area (Å²) < 4.78 is 38.8. The zero-order valence-electron chi connectivity index (χ0n) is 11.4. The zero-order valence-corrected chi connectivity index (χ0v) is 11.4. The lowest BCUT2D eigenvalue weighted by Gasteiger charge is -2.25. The second-order valence-electron chi connectivity index (χ2n) is 5.23. The van der Waals surface area contributed by atoms with Crippen molar-refractivity contribution in [1.82, 2.24) is 4.98 Å². The zero-order chi connectivity index (χ0) is 15.5. The Morgan fingerprint density at radius 1 is 1.29 bits per heavy atom. The summed E-state index contributed by atoms with van der Waals surface area (Å²) in [6, 6.07) is 1.64. The molecular weight excluding hydrogens is 285 g/mol. The van der Waals surface area contributed by atoms with Crippen molar-refractivity contribution in [3.63, 3.8) is 0 Å². The summed E-state index contributed by atoms with van der Waals surface area (Å²) in [4.78, 5) is 15.0. The van der Waals surface area contributed by atoms with Gasteiger partial charge in [-0.2, -0.15) is 13.2 Å². The first-order valence-corrected chi connectivity index (χ1v) is 6.91. The van der Waals surface area contributed by atoms with E-state index in [9.17, 15) is 23.1 Å². The van der Waals surface area contributed by atoms with Crippen LogP contribution in [0.4, 0.5) is 19.0 Å². The fourth-order valence-electron chi connectivity index (χ4n) is 2.70. The number of carbonyl (C=O) groups is 1. The Kier molecular flexibility index (Phi) is 4.69. The first kappa shape index (κ1) is 15.6. The van der Waals surface area contributed by atoms with E-state index in [1.807, 2.05) is 0 Å². The largest absolute Gasteiger partial charge is 0.481 e. The summed E-state index contributed by atoms with van der Waals surface area (Å²) in [6.07, 6.45) is 0.242. The molecule has 7 heteroatoms. The van der Waals surface area contributed by atoms with Crippen LogP contribution in [0, 0.1) is 5.92 Å². The summed E-state index contributed by atoms with van der Waals surface area (Å²) in [7, 11) is 0. The van der Waals surface area contributed by atoms with Gasteiger partial charge in [0, 0.05) is 12.2 Å². The topological polar surface area (TPSA) is 62.2 Å². The highest BCUT2D eigenvalue weighted by Crippen LogP contribution is 2.35. The predicted octanol–water partition coefficient (Wildman–Crippen LogP) is 3.55. The number of anilines is 1. The average Bonchev–Trinajstić information content (AvgIpc) is 2.63. The maximum atomic E-state index is 12.9. The molecule has 0 aliphatic heterocycles. The van der Waals surface area contributed by atoms with Gasteiger partial charge in [0.1, 0.15) is 5.82 Å². The number of nitrogens with one attached hydrogen (secondary N) is 1. The molecule has 2 N–H and O–H groups in total. The Bertz CT molecular complexity index is 505. The lowest BCUT2D eigenvalue weighted by atomic mass is 9.94. The summed E-state index contributed by atoms with van der Waals surface area (Å²) >= 11 is 0. The molecule has 1 saturated carbocycles. The molecule has 21 heavy (non-hydrogen) atoms. The fraction of sp³-hybridized carbons (Fsp3) is 0.571. The fourth-order valence-corrected chi connectivity index (χ4v) is 2.70. The molecule has 1 aliphatic rings. The van der Waals surface area contributed by atoms with Crippen molar-refractivity contribution in [3.05, 3.63) is 23.9 Å². The van der Waals surface area contributed by atoms with Crippen LogP contribution < -0.4 is 5.32 Å². The minimum absolute atomic E-state index is 0.289. The number of hydrogen-bond acceptors (Lipinski definition) is 3. The van der Waals surface area contributed by atoms with Gasteiger partial charge in [-0.1, -0.05) is 19.3 Å². The number of carboxylic acid groups (broad SMARTS) is 1. The number of aromatic nitrogens is 1. The molecule has 1 aliphatic carbocycles. The molecule has 1 aromatic heterocycles. The molecular formula is C14H17F3N2O2. The molecule has 2 rings (SSSR count). The first-order chi connectivity index (χ1) is 9.89. The van der Waals surface area contributed by atoms with E-state index in [-0.39, 0.29) is 5.82 Å². The molecule has 0 spiro atoms. The Morgan fingerprint density at radius 3 is 2.67 bits per heavy atom. The van der Waals surface area contributed by atoms with Crippen LogP contribution in [0.25, 0.3) is 0 Å². The van der Waals surface area contributed by atoms with E-state index in [1.165, 1.54) is 12.3 Å². The van der Waals surface area contributed by atoms with Gasteiger partial charge in [-0.15, -0.1) is 0 Å². The van der Waals surface area contributed by atoms with Crippen LogP contribution in [-0.4, -0.2) is 22.1 Å². The number of aliphatic carboxylic acids is 1. The lowest BCUT2D eigenvalue weighted by molar-refractivity contribution is -0.142. The average molecular weight is 302 g/mol. The Hall–Kier alpha value is -1.79. The predicted molar refractivity (Wildman–Crippen MR) is 70.9 cm³/mol. The van der Waals surface area contributed by atoms with Crippen molar-refractivity contribution >= 4 is 11.8 Å². The maximum Gasteiger partial charge on any atom is 0.419 e. The van der Waals surface area contributed by atoms with Gasteiger partial charge < -0.3 is 10.4 Å². The van der Waals surface area contributed by atoms with Crippen molar-refractivity contribution in [3.8, 4) is 0 Å². The van der Waals surface area contributed by atoms with Gasteiger partial charge in [0.25, 0.3) is 0 Å². The number of halogens is 3. The monoisotopic (exact) mass is 302 g/mol. The van der Waals surface area contributed by atoms with E-state index in [1.54, 1.807) is 0 Å². The lowest BCUT2D eigenvalue weighted by Crippen LogP contribution is -2.34. The van der Waals surface area contributed by atoms with E-state index in [0.717, 1.165) is 25.3 Å². The second-order valence-corrected chi connectivity index (χ2v) is 5.23. The van der Waals surface area contributed by atoms with E-state index in [2.05, 4.69) is 10.3 Å². The normalized spacial score (nSPS) is 23.4. The Labute approximate surface area is 120 Å². The molecule has 2 atom stereocenters. The molecule has 0 radical (unpaired) electrons. The highest BCUT2D eigenvalue weighted by Gasteiger charge is 2.36. The molecule has 0 aromatic carbocycles. The van der Waals surface area contributed by atoms with Crippen LogP contribution in [0.3, 0.4) is 0 Å². The summed E-state index contributed by atoms with van der Waals surface area (Å²) in [6.45, 7) is 0. The van der Waals surface area contributed by atoms with Gasteiger partial charge in [0.2, 0.25) is 0 Å². The molecule has 0 saturated heterocycles. The number of pyridine rings is 1. The number of carboxylic acids is 1. The van der Waals surface area contributed by atoms with Crippen LogP contribution >= 0.6 is 0 Å². The van der Waals surface area contributed by atoms with Crippen molar-refractivity contribution in [2.45, 2.75) is 44.3 Å². The van der Waals surface area contributed by atoms with Crippen molar-refractivity contribution in [1.29, 1.82) is 0 Å². The van der Waals surface area contributed by atoms with E-state index in [0.29, 0.717) is 12.8 Å². The third-order valence-electron chi connectivity index (χ3n) is 3.77. The molecule has 2 unspecified atom stereocenters. The van der Waals surface area contributed by atoms with Crippen molar-refractivity contribution < 1.29 is 23.1 Å². The van der Waals surface area contributed by atoms with E-state index >= 15 is 0 Å². The highest BCUT2D eigenvalue weighted by atomic mass is 19.4. The first-order valence-electron chi connectivity index (χ1n) is 6.91. The van der Waals surface area contributed by atoms with Crippen LogP contribution in [0.5, 0.6) is 0 Å². The molecule has 1 heterocycles. The molecule has 1 aromatic rings. The standard InChI is InChI=1S/C14H17F3N2O2/c15-14(16,17)10-6-4-8-18-12(10)19-11-7-3-1-2-5-9(11)13(20)21/h4,6,8-9,11H,1-3,5,7H2,(H,18,19)(H,20,21). The molecule has 0 amide bonds. The quantitative estimate of drug-likeness (QED) is 0.838. The van der Waals surface area contributed by atoms with Crippen LogP contribution in [0.2, 0.25) is 0 Å². The highest BCUT2D eigenvalue weighted by molar-refractivity contribution is 5.71. The van der Waals surface area contributed by atoms with Gasteiger partial charge in [0.05, 0.1) is 11.5 Å². The Morgan fingerprint density at radius 2 is 2.00 bits per heavy atom. The van der Waals surface area contributed by atoms with Crippen molar-refractivity contribution in [2.24, 2.45) is 5.92 Å². The third kappa shape index (κ3) is 3.86. The number of alkyl halides is 3. The SMILES string of the molecule is O=C(O)C1CCCCCC1Nc1ncccc1C(F)(F)F. The van der Waals surface area contributed by atoms with Crippen molar-refractivity contribution in [2.75, 3.05) is 5.32 Å². The molecule has 1 fully saturated rings. The number of nitrogens with zero attached hydrogens (tertiary/aromatic N) is 1. The summed E-state index contributed by atoms with van der Waals surface area (Å²) in [5.74, 6) is -1.95. The van der Waals surface area contributed by atoms with E-state index < -0.39 is 29.7 Å². The summed E-state index contributed by atoms with van der Waals surface area (Å²) in [5, 5.41) is 12.0. The third-order valence-corrected chi connectivity index (χ3v) is 3.77. The van der Waals surface area contributed by atoms with Crippen LogP contribution in [0.1, 0.15) is 37.7 Å². The summed E-state index contributed by atoms with van der Waals surface area (Å²) in [5.41, 5.74) is -0.863. The molecule has 0 bridgehead atoms. The van der Waals surface area contributed by atoms with Gasteiger partial charge in [-0.3, -0.25) is 4.79 Å². The second kappa shape index (κ2) is 6.32.